The van der Waals surface area contributed by atoms with Crippen LogP contribution >= 0.6 is 34.4 Å². The topological polar surface area (TPSA) is 93.2 Å². The van der Waals surface area contributed by atoms with Crippen LogP contribution in [0.3, 0.4) is 0 Å². The van der Waals surface area contributed by atoms with Gasteiger partial charge in [0.25, 0.3) is 0 Å². The van der Waals surface area contributed by atoms with Crippen LogP contribution in [0.4, 0.5) is 10.1 Å². The SMILES string of the molecule is C=CCNc1nnc(SCC(=O)Nc2sc3c(c2C(=O)OC)CCC(C)C3)s1. The van der Waals surface area contributed by atoms with E-state index in [1.807, 2.05) is 0 Å². The number of carbonyl (C=O) groups is 2. The monoisotopic (exact) mass is 438 g/mol. The summed E-state index contributed by atoms with van der Waals surface area (Å²) in [5, 5.41) is 15.3. The molecular formula is C18H22N4O3S3. The number of thioether (sulfide) groups is 1. The smallest absolute Gasteiger partial charge is 0.341 e. The number of thiophene rings is 1. The van der Waals surface area contributed by atoms with Crippen molar-refractivity contribution in [2.75, 3.05) is 30.0 Å². The molecule has 7 nitrogen and oxygen atoms in total. The average Bonchev–Trinajstić information content (AvgIpc) is 3.27. The van der Waals surface area contributed by atoms with Gasteiger partial charge < -0.3 is 15.4 Å². The Morgan fingerprint density at radius 2 is 2.21 bits per heavy atom. The first-order valence-electron chi connectivity index (χ1n) is 8.85. The largest absolute Gasteiger partial charge is 0.465 e. The van der Waals surface area contributed by atoms with Gasteiger partial charge in [0.05, 0.1) is 18.4 Å². The number of methoxy groups -OCH3 is 1. The van der Waals surface area contributed by atoms with Crippen molar-refractivity contribution >= 4 is 56.4 Å². The normalized spacial score (nSPS) is 15.6. The lowest BCUT2D eigenvalue weighted by Gasteiger charge is -2.18. The molecule has 1 unspecified atom stereocenters. The molecule has 150 valence electrons. The third kappa shape index (κ3) is 4.92. The van der Waals surface area contributed by atoms with Crippen LogP contribution in [0.2, 0.25) is 0 Å². The lowest BCUT2D eigenvalue weighted by molar-refractivity contribution is -0.113. The van der Waals surface area contributed by atoms with Gasteiger partial charge in [-0.2, -0.15) is 0 Å². The second-order valence-electron chi connectivity index (χ2n) is 6.43. The van der Waals surface area contributed by atoms with E-state index in [2.05, 4.69) is 34.3 Å². The molecule has 3 rings (SSSR count). The minimum atomic E-state index is -0.392. The maximum atomic E-state index is 12.5. The summed E-state index contributed by atoms with van der Waals surface area (Å²) >= 11 is 4.18. The van der Waals surface area contributed by atoms with Crippen LogP contribution in [-0.4, -0.2) is 41.5 Å². The molecule has 1 aliphatic carbocycles. The first kappa shape index (κ1) is 20.8. The molecule has 0 aromatic carbocycles. The Balaban J connectivity index is 1.65. The zero-order valence-electron chi connectivity index (χ0n) is 15.7. The molecule has 2 heterocycles. The highest BCUT2D eigenvalue weighted by Gasteiger charge is 2.28. The number of hydrogen-bond acceptors (Lipinski definition) is 9. The molecule has 0 saturated carbocycles. The van der Waals surface area contributed by atoms with Gasteiger partial charge in [0.1, 0.15) is 5.00 Å². The van der Waals surface area contributed by atoms with Crippen molar-refractivity contribution in [2.24, 2.45) is 5.92 Å². The number of aromatic nitrogens is 2. The molecule has 28 heavy (non-hydrogen) atoms. The summed E-state index contributed by atoms with van der Waals surface area (Å²) in [6.07, 6.45) is 4.55. The second-order valence-corrected chi connectivity index (χ2v) is 9.73. The Morgan fingerprint density at radius 3 is 2.96 bits per heavy atom. The summed E-state index contributed by atoms with van der Waals surface area (Å²) in [6.45, 7) is 6.45. The number of esters is 1. The van der Waals surface area contributed by atoms with Gasteiger partial charge in [-0.1, -0.05) is 36.1 Å². The summed E-state index contributed by atoms with van der Waals surface area (Å²) < 4.78 is 5.66. The molecule has 0 aliphatic heterocycles. The van der Waals surface area contributed by atoms with Gasteiger partial charge in [-0.05, 0) is 30.7 Å². The van der Waals surface area contributed by atoms with Crippen molar-refractivity contribution < 1.29 is 14.3 Å². The fraction of sp³-hybridized carbons (Fsp3) is 0.444. The molecule has 0 spiro atoms. The summed E-state index contributed by atoms with van der Waals surface area (Å²) in [4.78, 5) is 25.9. The first-order valence-corrected chi connectivity index (χ1v) is 11.5. The molecule has 0 bridgehead atoms. The summed E-state index contributed by atoms with van der Waals surface area (Å²) in [6, 6.07) is 0. The van der Waals surface area contributed by atoms with Gasteiger partial charge in [-0.15, -0.1) is 28.1 Å². The third-order valence-electron chi connectivity index (χ3n) is 4.28. The fourth-order valence-electron chi connectivity index (χ4n) is 2.95. The molecule has 2 aromatic heterocycles. The molecule has 0 fully saturated rings. The van der Waals surface area contributed by atoms with Crippen LogP contribution in [0.5, 0.6) is 0 Å². The van der Waals surface area contributed by atoms with Crippen LogP contribution in [0, 0.1) is 5.92 Å². The van der Waals surface area contributed by atoms with Crippen molar-refractivity contribution in [3.63, 3.8) is 0 Å². The molecule has 1 aliphatic rings. The van der Waals surface area contributed by atoms with E-state index in [-0.39, 0.29) is 11.7 Å². The van der Waals surface area contributed by atoms with Crippen LogP contribution in [0.15, 0.2) is 17.0 Å². The van der Waals surface area contributed by atoms with E-state index >= 15 is 0 Å². The Labute approximate surface area is 176 Å². The summed E-state index contributed by atoms with van der Waals surface area (Å²) in [5.41, 5.74) is 1.54. The van der Waals surface area contributed by atoms with E-state index in [0.717, 1.165) is 24.8 Å². The van der Waals surface area contributed by atoms with Crippen LogP contribution in [-0.2, 0) is 22.4 Å². The number of carbonyl (C=O) groups excluding carboxylic acids is 2. The average molecular weight is 439 g/mol. The first-order chi connectivity index (χ1) is 13.5. The van der Waals surface area contributed by atoms with Crippen molar-refractivity contribution in [3.8, 4) is 0 Å². The quantitative estimate of drug-likeness (QED) is 0.367. The molecular weight excluding hydrogens is 416 g/mol. The van der Waals surface area contributed by atoms with Crippen molar-refractivity contribution in [2.45, 2.75) is 30.5 Å². The van der Waals surface area contributed by atoms with Crippen LogP contribution in [0.25, 0.3) is 0 Å². The van der Waals surface area contributed by atoms with E-state index in [4.69, 9.17) is 4.74 Å². The number of nitrogens with zero attached hydrogens (tertiary/aromatic N) is 2. The molecule has 2 aromatic rings. The lowest BCUT2D eigenvalue weighted by atomic mass is 9.88. The molecule has 1 amide bonds. The van der Waals surface area contributed by atoms with E-state index in [1.54, 1.807) is 6.08 Å². The number of ether oxygens (including phenoxy) is 1. The van der Waals surface area contributed by atoms with Gasteiger partial charge in [-0.25, -0.2) is 4.79 Å². The lowest BCUT2D eigenvalue weighted by Crippen LogP contribution is -2.17. The van der Waals surface area contributed by atoms with E-state index in [1.165, 1.54) is 46.4 Å². The minimum Gasteiger partial charge on any atom is -0.465 e. The maximum Gasteiger partial charge on any atom is 0.341 e. The summed E-state index contributed by atoms with van der Waals surface area (Å²) in [7, 11) is 1.37. The Kier molecular flexibility index (Phi) is 7.08. The number of hydrogen-bond donors (Lipinski definition) is 2. The highest BCUT2D eigenvalue weighted by atomic mass is 32.2. The number of amides is 1. The van der Waals surface area contributed by atoms with Crippen molar-refractivity contribution in [3.05, 3.63) is 28.7 Å². The Bertz CT molecular complexity index is 878. The van der Waals surface area contributed by atoms with E-state index in [9.17, 15) is 9.59 Å². The van der Waals surface area contributed by atoms with Crippen LogP contribution in [0.1, 0.15) is 34.1 Å². The predicted molar refractivity (Wildman–Crippen MR) is 115 cm³/mol. The Morgan fingerprint density at radius 1 is 1.39 bits per heavy atom. The molecule has 2 N–H and O–H groups in total. The highest BCUT2D eigenvalue weighted by Crippen LogP contribution is 2.40. The number of fused-ring (bicyclic) bond motifs is 1. The van der Waals surface area contributed by atoms with Crippen LogP contribution < -0.4 is 10.6 Å². The highest BCUT2D eigenvalue weighted by molar-refractivity contribution is 8.01. The van der Waals surface area contributed by atoms with Crippen molar-refractivity contribution in [1.29, 1.82) is 0 Å². The number of anilines is 2. The van der Waals surface area contributed by atoms with Gasteiger partial charge in [-0.3, -0.25) is 4.79 Å². The second kappa shape index (κ2) is 9.53. The predicted octanol–water partition coefficient (Wildman–Crippen LogP) is 3.84. The molecule has 10 heteroatoms. The zero-order chi connectivity index (χ0) is 20.1. The standard InChI is InChI=1S/C18H22N4O3S3/c1-4-7-19-17-21-22-18(28-17)26-9-13(23)20-15-14(16(24)25-3)11-6-5-10(2)8-12(11)27-15/h4,10H,1,5-9H2,2-3H3,(H,19,21)(H,20,23). The third-order valence-corrected chi connectivity index (χ3v) is 7.47. The number of rotatable bonds is 8. The molecule has 0 radical (unpaired) electrons. The summed E-state index contributed by atoms with van der Waals surface area (Å²) in [5.74, 6) is 0.196. The van der Waals surface area contributed by atoms with Gasteiger partial charge >= 0.3 is 5.97 Å². The van der Waals surface area contributed by atoms with Crippen molar-refractivity contribution in [1.82, 2.24) is 10.2 Å². The van der Waals surface area contributed by atoms with E-state index < -0.39 is 5.97 Å². The minimum absolute atomic E-state index is 0.183. The van der Waals surface area contributed by atoms with Gasteiger partial charge in [0.2, 0.25) is 11.0 Å². The Hall–Kier alpha value is -1.91. The van der Waals surface area contributed by atoms with E-state index in [0.29, 0.717) is 32.5 Å². The van der Waals surface area contributed by atoms with Gasteiger partial charge in [0.15, 0.2) is 4.34 Å². The molecule has 0 saturated heterocycles. The number of nitrogens with one attached hydrogen (secondary N) is 2. The fourth-order valence-corrected chi connectivity index (χ4v) is 5.92. The van der Waals surface area contributed by atoms with Gasteiger partial charge in [0, 0.05) is 11.4 Å². The maximum absolute atomic E-state index is 12.5. The molecule has 1 atom stereocenters. The zero-order valence-corrected chi connectivity index (χ0v) is 18.2.